The van der Waals surface area contributed by atoms with E-state index in [1.807, 2.05) is 42.5 Å². The lowest BCUT2D eigenvalue weighted by Gasteiger charge is -2.25. The van der Waals surface area contributed by atoms with Gasteiger partial charge in [0, 0.05) is 16.6 Å². The number of ether oxygens (including phenoxy) is 1. The van der Waals surface area contributed by atoms with Crippen molar-refractivity contribution >= 4 is 45.3 Å². The normalized spacial score (nSPS) is 20.3. The fourth-order valence-electron chi connectivity index (χ4n) is 4.21. The topological polar surface area (TPSA) is 92.8 Å². The van der Waals surface area contributed by atoms with Gasteiger partial charge in [-0.1, -0.05) is 58.4 Å². The zero-order chi connectivity index (χ0) is 23.4. The first-order valence-corrected chi connectivity index (χ1v) is 11.5. The highest BCUT2D eigenvalue weighted by molar-refractivity contribution is 9.10. The molecular weight excluding hydrogens is 488 g/mol. The predicted octanol–water partition coefficient (Wildman–Crippen LogP) is 3.49. The average molecular weight is 511 g/mol. The Morgan fingerprint density at radius 1 is 0.970 bits per heavy atom. The molecule has 0 bridgehead atoms. The number of esters is 1. The highest BCUT2D eigenvalue weighted by atomic mass is 79.9. The highest BCUT2D eigenvalue weighted by Gasteiger charge is 2.51. The Labute approximate surface area is 199 Å². The Kier molecular flexibility index (Phi) is 7.03. The standard InChI is InChI=1S/C25H23BrN2O5/c26-17-10-12-18(13-11-17)27-22(29)15-33-25(32)21(14-16-6-2-1-3-7-16)28-23(30)19-8-4-5-9-20(19)24(28)31/h1-7,10-13,19-21H,8-9,14-15H2,(H,27,29)/t19-,20-,21+/m1/s1. The zero-order valence-corrected chi connectivity index (χ0v) is 19.4. The molecule has 0 unspecified atom stereocenters. The van der Waals surface area contributed by atoms with E-state index in [4.69, 9.17) is 4.74 Å². The van der Waals surface area contributed by atoms with Crippen molar-refractivity contribution in [3.63, 3.8) is 0 Å². The Morgan fingerprint density at radius 2 is 1.58 bits per heavy atom. The number of halogens is 1. The maximum absolute atomic E-state index is 13.1. The molecule has 8 heteroatoms. The van der Waals surface area contributed by atoms with Crippen molar-refractivity contribution in [2.45, 2.75) is 25.3 Å². The van der Waals surface area contributed by atoms with Gasteiger partial charge in [0.15, 0.2) is 6.61 Å². The smallest absolute Gasteiger partial charge is 0.330 e. The fraction of sp³-hybridized carbons (Fsp3) is 0.280. The Balaban J connectivity index is 1.48. The van der Waals surface area contributed by atoms with Crippen molar-refractivity contribution in [3.05, 3.63) is 76.8 Å². The summed E-state index contributed by atoms with van der Waals surface area (Å²) in [6, 6.07) is 15.0. The minimum atomic E-state index is -1.13. The lowest BCUT2D eigenvalue weighted by molar-refractivity contribution is -0.159. The summed E-state index contributed by atoms with van der Waals surface area (Å²) >= 11 is 3.32. The van der Waals surface area contributed by atoms with Crippen molar-refractivity contribution in [1.29, 1.82) is 0 Å². The van der Waals surface area contributed by atoms with Gasteiger partial charge in [-0.05, 0) is 42.7 Å². The second-order valence-electron chi connectivity index (χ2n) is 8.07. The summed E-state index contributed by atoms with van der Waals surface area (Å²) in [6.07, 6.45) is 4.88. The summed E-state index contributed by atoms with van der Waals surface area (Å²) < 4.78 is 6.14. The van der Waals surface area contributed by atoms with Crippen LogP contribution in [0.2, 0.25) is 0 Å². The van der Waals surface area contributed by atoms with Crippen molar-refractivity contribution in [2.75, 3.05) is 11.9 Å². The van der Waals surface area contributed by atoms with E-state index in [0.29, 0.717) is 18.5 Å². The lowest BCUT2D eigenvalue weighted by atomic mass is 9.85. The summed E-state index contributed by atoms with van der Waals surface area (Å²) in [5.74, 6) is -2.90. The van der Waals surface area contributed by atoms with E-state index in [2.05, 4.69) is 21.2 Å². The predicted molar refractivity (Wildman–Crippen MR) is 125 cm³/mol. The Bertz CT molecular complexity index is 1060. The maximum Gasteiger partial charge on any atom is 0.330 e. The second-order valence-corrected chi connectivity index (χ2v) is 8.99. The number of nitrogens with zero attached hydrogens (tertiary/aromatic N) is 1. The number of carbonyl (C=O) groups excluding carboxylic acids is 4. The van der Waals surface area contributed by atoms with Crippen LogP contribution in [-0.2, 0) is 30.3 Å². The first-order valence-electron chi connectivity index (χ1n) is 10.7. The van der Waals surface area contributed by atoms with Gasteiger partial charge in [0.1, 0.15) is 6.04 Å². The molecule has 2 aromatic carbocycles. The minimum Gasteiger partial charge on any atom is -0.454 e. The SMILES string of the molecule is O=C(COC(=O)[C@H](Cc1ccccc1)N1C(=O)[C@@H]2CC=CC[C@H]2C1=O)Nc1ccc(Br)cc1. The monoisotopic (exact) mass is 510 g/mol. The number of hydrogen-bond donors (Lipinski definition) is 1. The molecule has 1 saturated heterocycles. The summed E-state index contributed by atoms with van der Waals surface area (Å²) in [5, 5.41) is 2.65. The molecular formula is C25H23BrN2O5. The molecule has 4 rings (SSSR count). The van der Waals surface area contributed by atoms with E-state index < -0.39 is 36.4 Å². The number of rotatable bonds is 7. The average Bonchev–Trinajstić information content (AvgIpc) is 3.08. The van der Waals surface area contributed by atoms with Crippen molar-refractivity contribution in [3.8, 4) is 0 Å². The quantitative estimate of drug-likeness (QED) is 0.349. The molecule has 2 aliphatic rings. The second kappa shape index (κ2) is 10.1. The Hall–Kier alpha value is -3.26. The minimum absolute atomic E-state index is 0.123. The molecule has 7 nitrogen and oxygen atoms in total. The fourth-order valence-corrected chi connectivity index (χ4v) is 4.48. The third-order valence-electron chi connectivity index (χ3n) is 5.87. The van der Waals surface area contributed by atoms with Crippen molar-refractivity contribution in [1.82, 2.24) is 4.90 Å². The van der Waals surface area contributed by atoms with E-state index in [-0.39, 0.29) is 18.2 Å². The molecule has 0 aromatic heterocycles. The van der Waals surface area contributed by atoms with Gasteiger partial charge in [-0.25, -0.2) is 4.79 Å². The van der Waals surface area contributed by atoms with Gasteiger partial charge in [-0.3, -0.25) is 19.3 Å². The molecule has 3 amide bonds. The molecule has 0 radical (unpaired) electrons. The van der Waals surface area contributed by atoms with Crippen LogP contribution in [0.5, 0.6) is 0 Å². The molecule has 1 aliphatic heterocycles. The number of allylic oxidation sites excluding steroid dienone is 2. The van der Waals surface area contributed by atoms with Crippen LogP contribution in [0.15, 0.2) is 71.2 Å². The molecule has 170 valence electrons. The van der Waals surface area contributed by atoms with Crippen molar-refractivity contribution < 1.29 is 23.9 Å². The summed E-state index contributed by atoms with van der Waals surface area (Å²) in [5.41, 5.74) is 1.34. The number of anilines is 1. The van der Waals surface area contributed by atoms with E-state index >= 15 is 0 Å². The van der Waals surface area contributed by atoms with E-state index in [1.165, 1.54) is 0 Å². The zero-order valence-electron chi connectivity index (χ0n) is 17.8. The van der Waals surface area contributed by atoms with Gasteiger partial charge in [-0.15, -0.1) is 0 Å². The first kappa shape index (κ1) is 22.9. The summed E-state index contributed by atoms with van der Waals surface area (Å²) in [6.45, 7) is -0.523. The van der Waals surface area contributed by atoms with Gasteiger partial charge in [0.25, 0.3) is 5.91 Å². The number of likely N-dealkylation sites (tertiary alicyclic amines) is 1. The molecule has 1 aliphatic carbocycles. The third kappa shape index (κ3) is 5.22. The van der Waals surface area contributed by atoms with Gasteiger partial charge < -0.3 is 10.1 Å². The van der Waals surface area contributed by atoms with Crippen LogP contribution in [0.1, 0.15) is 18.4 Å². The van der Waals surface area contributed by atoms with Crippen LogP contribution in [0.4, 0.5) is 5.69 Å². The van der Waals surface area contributed by atoms with Crippen LogP contribution in [-0.4, -0.2) is 41.2 Å². The third-order valence-corrected chi connectivity index (χ3v) is 6.40. The molecule has 3 atom stereocenters. The van der Waals surface area contributed by atoms with E-state index in [9.17, 15) is 19.2 Å². The summed E-state index contributed by atoms with van der Waals surface area (Å²) in [7, 11) is 0. The number of carbonyl (C=O) groups is 4. The molecule has 1 N–H and O–H groups in total. The van der Waals surface area contributed by atoms with Crippen LogP contribution in [0.3, 0.4) is 0 Å². The Morgan fingerprint density at radius 3 is 2.18 bits per heavy atom. The number of fused-ring (bicyclic) bond motifs is 1. The molecule has 0 spiro atoms. The molecule has 0 saturated carbocycles. The van der Waals surface area contributed by atoms with Gasteiger partial charge in [0.05, 0.1) is 11.8 Å². The van der Waals surface area contributed by atoms with Crippen LogP contribution in [0, 0.1) is 11.8 Å². The number of imide groups is 1. The van der Waals surface area contributed by atoms with Gasteiger partial charge in [-0.2, -0.15) is 0 Å². The van der Waals surface area contributed by atoms with Crippen LogP contribution < -0.4 is 5.32 Å². The number of benzene rings is 2. The highest BCUT2D eigenvalue weighted by Crippen LogP contribution is 2.36. The molecule has 33 heavy (non-hydrogen) atoms. The maximum atomic E-state index is 13.1. The van der Waals surface area contributed by atoms with E-state index in [1.54, 1.807) is 24.3 Å². The lowest BCUT2D eigenvalue weighted by Crippen LogP contribution is -2.48. The first-order chi connectivity index (χ1) is 15.9. The number of hydrogen-bond acceptors (Lipinski definition) is 5. The van der Waals surface area contributed by atoms with Gasteiger partial charge in [0.2, 0.25) is 11.8 Å². The van der Waals surface area contributed by atoms with Crippen molar-refractivity contribution in [2.24, 2.45) is 11.8 Å². The van der Waals surface area contributed by atoms with Crippen LogP contribution >= 0.6 is 15.9 Å². The molecule has 1 fully saturated rings. The van der Waals surface area contributed by atoms with Crippen LogP contribution in [0.25, 0.3) is 0 Å². The largest absolute Gasteiger partial charge is 0.454 e. The molecule has 1 heterocycles. The van der Waals surface area contributed by atoms with E-state index in [0.717, 1.165) is 14.9 Å². The molecule has 2 aromatic rings. The van der Waals surface area contributed by atoms with Gasteiger partial charge >= 0.3 is 5.97 Å². The summed E-state index contributed by atoms with van der Waals surface area (Å²) in [4.78, 5) is 52.6. The number of nitrogens with one attached hydrogen (secondary N) is 1. The number of amides is 3.